The fourth-order valence-corrected chi connectivity index (χ4v) is 1.52. The van der Waals surface area contributed by atoms with Gasteiger partial charge < -0.3 is 4.74 Å². The lowest BCUT2D eigenvalue weighted by Gasteiger charge is -2.11. The highest BCUT2D eigenvalue weighted by Gasteiger charge is 2.06. The molecule has 0 N–H and O–H groups in total. The van der Waals surface area contributed by atoms with Crippen molar-refractivity contribution in [3.63, 3.8) is 0 Å². The van der Waals surface area contributed by atoms with E-state index in [-0.39, 0.29) is 0 Å². The van der Waals surface area contributed by atoms with Crippen molar-refractivity contribution in [2.24, 2.45) is 0 Å². The van der Waals surface area contributed by atoms with Gasteiger partial charge in [-0.15, -0.1) is 13.2 Å². The van der Waals surface area contributed by atoms with Crippen LogP contribution in [0.1, 0.15) is 12.0 Å². The molecular weight excluding hydrogens is 208 g/mol. The normalized spacial score (nSPS) is 9.67. The van der Waals surface area contributed by atoms with Gasteiger partial charge in [-0.25, -0.2) is 0 Å². The smallest absolute Gasteiger partial charge is 0.141 e. The molecule has 0 saturated carbocycles. The van der Waals surface area contributed by atoms with Crippen LogP contribution in [0.25, 0.3) is 0 Å². The molecule has 0 fully saturated rings. The summed E-state index contributed by atoms with van der Waals surface area (Å²) in [7, 11) is 0. The number of hydrogen-bond donors (Lipinski definition) is 0. The highest BCUT2D eigenvalue weighted by atomic mass is 35.5. The number of rotatable bonds is 6. The topological polar surface area (TPSA) is 9.23 Å². The lowest BCUT2D eigenvalue weighted by molar-refractivity contribution is 0.322. The predicted octanol–water partition coefficient (Wildman–Crippen LogP) is 4.02. The molecule has 0 aliphatic heterocycles. The zero-order chi connectivity index (χ0) is 11.1. The number of allylic oxidation sites excluding steroid dienone is 1. The Kier molecular flexibility index (Phi) is 4.99. The van der Waals surface area contributed by atoms with Gasteiger partial charge in [-0.3, -0.25) is 0 Å². The molecule has 0 saturated heterocycles. The van der Waals surface area contributed by atoms with E-state index in [0.29, 0.717) is 11.6 Å². The summed E-state index contributed by atoms with van der Waals surface area (Å²) in [6, 6.07) is 5.75. The van der Waals surface area contributed by atoms with E-state index in [1.807, 2.05) is 30.4 Å². The molecule has 0 aliphatic rings. The Bertz CT molecular complexity index is 344. The first kappa shape index (κ1) is 11.9. The van der Waals surface area contributed by atoms with Crippen LogP contribution in [0, 0.1) is 0 Å². The molecule has 0 aliphatic carbocycles. The zero-order valence-corrected chi connectivity index (χ0v) is 9.46. The summed E-state index contributed by atoms with van der Waals surface area (Å²) in [5.41, 5.74) is 1.07. The molecule has 0 aromatic heterocycles. The van der Waals surface area contributed by atoms with Crippen LogP contribution in [-0.4, -0.2) is 6.61 Å². The summed E-state index contributed by atoms with van der Waals surface area (Å²) >= 11 is 6.06. The first-order chi connectivity index (χ1) is 7.29. The van der Waals surface area contributed by atoms with Crippen molar-refractivity contribution in [1.82, 2.24) is 0 Å². The Labute approximate surface area is 96.0 Å². The van der Waals surface area contributed by atoms with Crippen LogP contribution in [-0.2, 0) is 6.42 Å². The number of ether oxygens (including phenoxy) is 1. The Morgan fingerprint density at radius 1 is 1.27 bits per heavy atom. The first-order valence-electron chi connectivity index (χ1n) is 4.91. The van der Waals surface area contributed by atoms with E-state index in [1.165, 1.54) is 0 Å². The fourth-order valence-electron chi connectivity index (χ4n) is 1.28. The van der Waals surface area contributed by atoms with Crippen LogP contribution in [0.3, 0.4) is 0 Å². The third kappa shape index (κ3) is 3.45. The third-order valence-electron chi connectivity index (χ3n) is 1.98. The van der Waals surface area contributed by atoms with Crippen LogP contribution in [0.5, 0.6) is 5.75 Å². The van der Waals surface area contributed by atoms with Crippen molar-refractivity contribution in [3.8, 4) is 5.75 Å². The molecule has 0 radical (unpaired) electrons. The number of hydrogen-bond acceptors (Lipinski definition) is 1. The summed E-state index contributed by atoms with van der Waals surface area (Å²) in [5.74, 6) is 0.765. The van der Waals surface area contributed by atoms with Gasteiger partial charge in [0.05, 0.1) is 11.6 Å². The van der Waals surface area contributed by atoms with Gasteiger partial charge in [0.15, 0.2) is 0 Å². The second kappa shape index (κ2) is 6.31. The maximum atomic E-state index is 6.06. The molecule has 2 heteroatoms. The maximum Gasteiger partial charge on any atom is 0.141 e. The lowest BCUT2D eigenvalue weighted by Crippen LogP contribution is -1.99. The average molecular weight is 223 g/mol. The number of benzene rings is 1. The van der Waals surface area contributed by atoms with Crippen molar-refractivity contribution in [3.05, 3.63) is 54.1 Å². The molecule has 0 unspecified atom stereocenters. The molecule has 1 aromatic rings. The van der Waals surface area contributed by atoms with Gasteiger partial charge in [-0.1, -0.05) is 35.9 Å². The Morgan fingerprint density at radius 3 is 2.73 bits per heavy atom. The van der Waals surface area contributed by atoms with Crippen LogP contribution in [0.2, 0.25) is 5.02 Å². The minimum atomic E-state index is 0.609. The lowest BCUT2D eigenvalue weighted by atomic mass is 10.1. The molecule has 80 valence electrons. The summed E-state index contributed by atoms with van der Waals surface area (Å²) in [4.78, 5) is 0. The van der Waals surface area contributed by atoms with E-state index in [4.69, 9.17) is 16.3 Å². The predicted molar refractivity (Wildman–Crippen MR) is 65.7 cm³/mol. The van der Waals surface area contributed by atoms with Crippen LogP contribution in [0.4, 0.5) is 0 Å². The van der Waals surface area contributed by atoms with Gasteiger partial charge in [-0.2, -0.15) is 0 Å². The minimum Gasteiger partial charge on any atom is -0.491 e. The Hall–Kier alpha value is -1.21. The first-order valence-corrected chi connectivity index (χ1v) is 5.29. The molecule has 1 aromatic carbocycles. The van der Waals surface area contributed by atoms with Gasteiger partial charge in [0.25, 0.3) is 0 Å². The zero-order valence-electron chi connectivity index (χ0n) is 8.71. The van der Waals surface area contributed by atoms with Gasteiger partial charge in [0.1, 0.15) is 5.75 Å². The molecule has 1 rings (SSSR count). The average Bonchev–Trinajstić information content (AvgIpc) is 2.23. The Balaban J connectivity index is 2.81. The van der Waals surface area contributed by atoms with Crippen molar-refractivity contribution >= 4 is 11.6 Å². The maximum absolute atomic E-state index is 6.06. The molecule has 0 heterocycles. The minimum absolute atomic E-state index is 0.609. The van der Waals surface area contributed by atoms with E-state index in [1.54, 1.807) is 0 Å². The molecule has 0 bridgehead atoms. The molecule has 1 nitrogen and oxygen atoms in total. The third-order valence-corrected chi connectivity index (χ3v) is 2.28. The van der Waals surface area contributed by atoms with E-state index in [9.17, 15) is 0 Å². The van der Waals surface area contributed by atoms with Crippen molar-refractivity contribution < 1.29 is 4.74 Å². The summed E-state index contributed by atoms with van der Waals surface area (Å²) in [6.07, 6.45) is 5.25. The van der Waals surface area contributed by atoms with Crippen LogP contribution in [0.15, 0.2) is 43.5 Å². The molecule has 0 amide bonds. The highest BCUT2D eigenvalue weighted by molar-refractivity contribution is 6.32. The van der Waals surface area contributed by atoms with Gasteiger partial charge in [0, 0.05) is 0 Å². The highest BCUT2D eigenvalue weighted by Crippen LogP contribution is 2.29. The second-order valence-electron chi connectivity index (χ2n) is 3.15. The van der Waals surface area contributed by atoms with E-state index in [2.05, 4.69) is 13.2 Å². The number of para-hydroxylation sites is 1. The Morgan fingerprint density at radius 2 is 2.07 bits per heavy atom. The van der Waals surface area contributed by atoms with E-state index < -0.39 is 0 Å². The second-order valence-corrected chi connectivity index (χ2v) is 3.55. The molecule has 0 atom stereocenters. The molecular formula is C13H15ClO. The van der Waals surface area contributed by atoms with Crippen molar-refractivity contribution in [1.29, 1.82) is 0 Å². The standard InChI is InChI=1S/C13H15ClO/c1-3-5-10-15-13-11(7-4-2)8-6-9-12(13)14/h3-4,6,8-9H,1-2,5,7,10H2. The molecule has 0 spiro atoms. The van der Waals surface area contributed by atoms with Crippen molar-refractivity contribution in [2.75, 3.05) is 6.61 Å². The van der Waals surface area contributed by atoms with Crippen LogP contribution >= 0.6 is 11.6 Å². The van der Waals surface area contributed by atoms with Crippen molar-refractivity contribution in [2.45, 2.75) is 12.8 Å². The van der Waals surface area contributed by atoms with E-state index in [0.717, 1.165) is 24.2 Å². The van der Waals surface area contributed by atoms with E-state index >= 15 is 0 Å². The summed E-state index contributed by atoms with van der Waals surface area (Å²) in [5, 5.41) is 0.651. The number of halogens is 1. The largest absolute Gasteiger partial charge is 0.491 e. The monoisotopic (exact) mass is 222 g/mol. The fraction of sp³-hybridized carbons (Fsp3) is 0.231. The quantitative estimate of drug-likeness (QED) is 0.522. The SMILES string of the molecule is C=CCCOc1c(Cl)cccc1CC=C. The van der Waals surface area contributed by atoms with Crippen LogP contribution < -0.4 is 4.74 Å². The van der Waals surface area contributed by atoms with Gasteiger partial charge >= 0.3 is 0 Å². The summed E-state index contributed by atoms with van der Waals surface area (Å²) in [6.45, 7) is 7.96. The van der Waals surface area contributed by atoms with Gasteiger partial charge in [0.2, 0.25) is 0 Å². The summed E-state index contributed by atoms with van der Waals surface area (Å²) < 4.78 is 5.61. The van der Waals surface area contributed by atoms with Gasteiger partial charge in [-0.05, 0) is 24.5 Å². The molecule has 15 heavy (non-hydrogen) atoms.